The molecule has 0 atom stereocenters. The lowest BCUT2D eigenvalue weighted by Gasteiger charge is -2.00. The van der Waals surface area contributed by atoms with Gasteiger partial charge >= 0.3 is 0 Å². The summed E-state index contributed by atoms with van der Waals surface area (Å²) in [5.74, 6) is 0.0103. The predicted octanol–water partition coefficient (Wildman–Crippen LogP) is 1.37. The topological polar surface area (TPSA) is 76.4 Å². The number of hydrogen-bond acceptors (Lipinski definition) is 2. The van der Waals surface area contributed by atoms with Crippen LogP contribution in [0.3, 0.4) is 0 Å². The van der Waals surface area contributed by atoms with Gasteiger partial charge < -0.3 is 5.73 Å². The lowest BCUT2D eigenvalue weighted by Crippen LogP contribution is -2.40. The third-order valence-corrected chi connectivity index (χ3v) is 4.07. The summed E-state index contributed by atoms with van der Waals surface area (Å²) in [6, 6.07) is 11.3. The Morgan fingerprint density at radius 1 is 1.15 bits per heavy atom. The van der Waals surface area contributed by atoms with E-state index in [1.165, 1.54) is 24.3 Å². The third-order valence-electron chi connectivity index (χ3n) is 2.47. The minimum atomic E-state index is -3.81. The second-order valence-corrected chi connectivity index (χ2v) is 6.10. The van der Waals surface area contributed by atoms with Crippen molar-refractivity contribution in [1.82, 2.24) is 0 Å². The molecule has 0 spiro atoms. The van der Waals surface area contributed by atoms with Crippen LogP contribution in [0, 0.1) is 0 Å². The predicted molar refractivity (Wildman–Crippen MR) is 76.9 cm³/mol. The van der Waals surface area contributed by atoms with E-state index in [0.717, 1.165) is 0 Å². The lowest BCUT2D eigenvalue weighted by atomic mass is 10.4. The molecule has 1 heterocycles. The van der Waals surface area contributed by atoms with E-state index in [4.69, 9.17) is 17.3 Å². The summed E-state index contributed by atoms with van der Waals surface area (Å²) in [4.78, 5) is 0.0583. The third kappa shape index (κ3) is 3.79. The molecule has 2 rings (SSSR count). The van der Waals surface area contributed by atoms with Crippen LogP contribution in [0.5, 0.6) is 0 Å². The van der Waals surface area contributed by atoms with E-state index >= 15 is 0 Å². The maximum Gasteiger partial charge on any atom is 0.284 e. The van der Waals surface area contributed by atoms with Crippen molar-refractivity contribution in [3.8, 4) is 0 Å². The number of hydrogen-bond donors (Lipinski definition) is 1. The van der Waals surface area contributed by atoms with E-state index < -0.39 is 10.0 Å². The summed E-state index contributed by atoms with van der Waals surface area (Å²) in [5, 5.41) is 0.459. The van der Waals surface area contributed by atoms with Gasteiger partial charge in [-0.1, -0.05) is 17.7 Å². The maximum absolute atomic E-state index is 12.0. The fraction of sp³-hybridized carbons (Fsp3) is 0.0769. The van der Waals surface area contributed by atoms with Crippen molar-refractivity contribution in [2.75, 3.05) is 0 Å². The fourth-order valence-corrected chi connectivity index (χ4v) is 2.65. The van der Waals surface area contributed by atoms with Crippen LogP contribution in [0.4, 0.5) is 0 Å². The summed E-state index contributed by atoms with van der Waals surface area (Å²) in [5.41, 5.74) is 5.68. The van der Waals surface area contributed by atoms with Crippen LogP contribution in [0.15, 0.2) is 64.2 Å². The second kappa shape index (κ2) is 6.02. The standard InChI is InChI=1S/C13H13ClN3O2S/c14-11-4-6-12(7-5-11)20(18,19)16-13(15)10-17-8-2-1-3-9-17/h1-9H,10H2,(H2,15,16)/q+1. The van der Waals surface area contributed by atoms with Crippen molar-refractivity contribution in [1.29, 1.82) is 0 Å². The van der Waals surface area contributed by atoms with Crippen molar-refractivity contribution in [3.05, 3.63) is 59.9 Å². The zero-order valence-corrected chi connectivity index (χ0v) is 12.1. The molecule has 0 bridgehead atoms. The van der Waals surface area contributed by atoms with Gasteiger partial charge in [-0.15, -0.1) is 4.40 Å². The molecule has 0 fully saturated rings. The molecule has 0 aliphatic carbocycles. The quantitative estimate of drug-likeness (QED) is 0.526. The summed E-state index contributed by atoms with van der Waals surface area (Å²) in [6.07, 6.45) is 3.55. The Hall–Kier alpha value is -1.92. The highest BCUT2D eigenvalue weighted by Gasteiger charge is 2.14. The number of halogens is 1. The molecule has 0 amide bonds. The molecule has 0 saturated heterocycles. The molecule has 0 aliphatic heterocycles. The van der Waals surface area contributed by atoms with E-state index in [-0.39, 0.29) is 17.3 Å². The molecular formula is C13H13ClN3O2S+. The summed E-state index contributed by atoms with van der Waals surface area (Å²) in [7, 11) is -3.81. The van der Waals surface area contributed by atoms with Gasteiger partial charge in [-0.05, 0) is 24.3 Å². The maximum atomic E-state index is 12.0. The van der Waals surface area contributed by atoms with Gasteiger partial charge in [-0.25, -0.2) is 0 Å². The number of sulfonamides is 1. The largest absolute Gasteiger partial charge is 0.381 e. The monoisotopic (exact) mass is 310 g/mol. The molecule has 7 heteroatoms. The van der Waals surface area contributed by atoms with Gasteiger partial charge in [0.1, 0.15) is 0 Å². The number of amidine groups is 1. The first-order valence-electron chi connectivity index (χ1n) is 5.76. The SMILES string of the molecule is NC(C[n+]1ccccc1)=NS(=O)(=O)c1ccc(Cl)cc1. The van der Waals surface area contributed by atoms with E-state index in [1.807, 2.05) is 18.2 Å². The molecule has 0 radical (unpaired) electrons. The zero-order chi connectivity index (χ0) is 14.6. The normalized spacial score (nSPS) is 12.3. The molecule has 20 heavy (non-hydrogen) atoms. The highest BCUT2D eigenvalue weighted by atomic mass is 35.5. The van der Waals surface area contributed by atoms with Gasteiger partial charge in [-0.3, -0.25) is 0 Å². The van der Waals surface area contributed by atoms with Crippen molar-refractivity contribution in [2.45, 2.75) is 11.4 Å². The fourth-order valence-electron chi connectivity index (χ4n) is 1.57. The average molecular weight is 311 g/mol. The van der Waals surface area contributed by atoms with Gasteiger partial charge in [-0.2, -0.15) is 13.0 Å². The molecule has 0 unspecified atom stereocenters. The minimum absolute atomic E-state index is 0.0103. The Balaban J connectivity index is 2.22. The van der Waals surface area contributed by atoms with Gasteiger partial charge in [0.15, 0.2) is 18.2 Å². The van der Waals surface area contributed by atoms with Gasteiger partial charge in [0.2, 0.25) is 6.54 Å². The van der Waals surface area contributed by atoms with Crippen LogP contribution in [-0.4, -0.2) is 14.3 Å². The Labute approximate surface area is 122 Å². The van der Waals surface area contributed by atoms with Crippen LogP contribution in [0.1, 0.15) is 0 Å². The minimum Gasteiger partial charge on any atom is -0.381 e. The summed E-state index contributed by atoms with van der Waals surface area (Å²) in [6.45, 7) is 0.202. The van der Waals surface area contributed by atoms with Crippen molar-refractivity contribution in [3.63, 3.8) is 0 Å². The van der Waals surface area contributed by atoms with E-state index in [9.17, 15) is 8.42 Å². The first kappa shape index (κ1) is 14.5. The van der Waals surface area contributed by atoms with E-state index in [2.05, 4.69) is 4.40 Å². The molecule has 1 aromatic heterocycles. The average Bonchev–Trinajstić information content (AvgIpc) is 2.39. The zero-order valence-electron chi connectivity index (χ0n) is 10.5. The smallest absolute Gasteiger partial charge is 0.284 e. The first-order chi connectivity index (χ1) is 9.47. The number of nitrogens with zero attached hydrogens (tertiary/aromatic N) is 2. The Morgan fingerprint density at radius 2 is 1.75 bits per heavy atom. The first-order valence-corrected chi connectivity index (χ1v) is 7.58. The number of benzene rings is 1. The number of pyridine rings is 1. The summed E-state index contributed by atoms with van der Waals surface area (Å²) < 4.78 is 29.4. The highest BCUT2D eigenvalue weighted by Crippen LogP contribution is 2.15. The van der Waals surface area contributed by atoms with Gasteiger partial charge in [0, 0.05) is 17.2 Å². The molecule has 5 nitrogen and oxygen atoms in total. The van der Waals surface area contributed by atoms with Crippen molar-refractivity contribution >= 4 is 27.5 Å². The lowest BCUT2D eigenvalue weighted by molar-refractivity contribution is -0.682. The molecular weight excluding hydrogens is 298 g/mol. The van der Waals surface area contributed by atoms with Crippen LogP contribution in [-0.2, 0) is 16.6 Å². The van der Waals surface area contributed by atoms with Crippen molar-refractivity contribution in [2.24, 2.45) is 10.1 Å². The Bertz CT molecular complexity index is 713. The molecule has 1 aromatic carbocycles. The van der Waals surface area contributed by atoms with Crippen LogP contribution in [0.2, 0.25) is 5.02 Å². The number of nitrogens with two attached hydrogens (primary N) is 1. The second-order valence-electron chi connectivity index (χ2n) is 4.06. The number of aromatic nitrogens is 1. The molecule has 0 aliphatic rings. The van der Waals surface area contributed by atoms with Gasteiger partial charge in [0.25, 0.3) is 10.0 Å². The van der Waals surface area contributed by atoms with Crippen LogP contribution < -0.4 is 10.3 Å². The molecule has 0 saturated carbocycles. The van der Waals surface area contributed by atoms with Crippen molar-refractivity contribution < 1.29 is 13.0 Å². The Kier molecular flexibility index (Phi) is 4.36. The van der Waals surface area contributed by atoms with Crippen LogP contribution in [0.25, 0.3) is 0 Å². The molecule has 2 aromatic rings. The summed E-state index contributed by atoms with van der Waals surface area (Å²) >= 11 is 5.72. The highest BCUT2D eigenvalue weighted by molar-refractivity contribution is 7.90. The Morgan fingerprint density at radius 3 is 2.35 bits per heavy atom. The van der Waals surface area contributed by atoms with E-state index in [1.54, 1.807) is 17.0 Å². The van der Waals surface area contributed by atoms with Gasteiger partial charge in [0.05, 0.1) is 4.90 Å². The molecule has 2 N–H and O–H groups in total. The van der Waals surface area contributed by atoms with Crippen LogP contribution >= 0.6 is 11.6 Å². The number of rotatable bonds is 4. The van der Waals surface area contributed by atoms with E-state index in [0.29, 0.717) is 5.02 Å². The molecule has 104 valence electrons.